The van der Waals surface area contributed by atoms with E-state index in [0.29, 0.717) is 19.7 Å². The number of nitrogens with zero attached hydrogens (tertiary/aromatic N) is 1. The summed E-state index contributed by atoms with van der Waals surface area (Å²) in [6.45, 7) is 7.77. The predicted molar refractivity (Wildman–Crippen MR) is 78.2 cm³/mol. The first-order valence-corrected chi connectivity index (χ1v) is 7.02. The number of carbonyl (C=O) groups excluding carboxylic acids is 1. The number of rotatable bonds is 3. The van der Waals surface area contributed by atoms with Gasteiger partial charge in [-0.15, -0.1) is 0 Å². The first-order chi connectivity index (χ1) is 9.58. The molecule has 20 heavy (non-hydrogen) atoms. The lowest BCUT2D eigenvalue weighted by Crippen LogP contribution is -2.49. The Hall–Kier alpha value is -1.75. The van der Waals surface area contributed by atoms with Crippen LogP contribution in [0.1, 0.15) is 20.8 Å². The molecular formula is C15H22N2O3. The van der Waals surface area contributed by atoms with Crippen LogP contribution < -0.4 is 10.1 Å². The van der Waals surface area contributed by atoms with Crippen molar-refractivity contribution in [2.75, 3.05) is 25.0 Å². The average molecular weight is 278 g/mol. The van der Waals surface area contributed by atoms with Crippen LogP contribution >= 0.6 is 0 Å². The monoisotopic (exact) mass is 278 g/mol. The van der Waals surface area contributed by atoms with Gasteiger partial charge in [0.05, 0.1) is 18.8 Å². The van der Waals surface area contributed by atoms with Crippen molar-refractivity contribution >= 4 is 11.7 Å². The van der Waals surface area contributed by atoms with Crippen LogP contribution in [0, 0.1) is 0 Å². The van der Waals surface area contributed by atoms with E-state index in [-0.39, 0.29) is 18.2 Å². The Morgan fingerprint density at radius 2 is 1.90 bits per heavy atom. The molecule has 1 aliphatic heterocycles. The third-order valence-electron chi connectivity index (χ3n) is 3.12. The molecule has 0 saturated carbocycles. The van der Waals surface area contributed by atoms with Gasteiger partial charge in [0, 0.05) is 18.8 Å². The number of benzene rings is 1. The Balaban J connectivity index is 1.93. The molecule has 0 aliphatic carbocycles. The van der Waals surface area contributed by atoms with Gasteiger partial charge < -0.3 is 19.7 Å². The summed E-state index contributed by atoms with van der Waals surface area (Å²) in [6, 6.07) is 7.30. The standard InChI is InChI=1S/C15H22N2O3/c1-4-19-14-7-5-13(6-8-14)16-15(18)17-9-11(2)20-12(3)10-17/h5-8,11-12H,4,9-10H2,1-3H3,(H,16,18)/t11-,12-/m1/s1. The number of carbonyl (C=O) groups is 1. The number of nitrogens with one attached hydrogen (secondary N) is 1. The quantitative estimate of drug-likeness (QED) is 0.925. The van der Waals surface area contributed by atoms with Crippen molar-refractivity contribution < 1.29 is 14.3 Å². The van der Waals surface area contributed by atoms with E-state index in [4.69, 9.17) is 9.47 Å². The Morgan fingerprint density at radius 1 is 1.30 bits per heavy atom. The van der Waals surface area contributed by atoms with Crippen molar-refractivity contribution in [3.63, 3.8) is 0 Å². The molecule has 1 fully saturated rings. The molecule has 0 radical (unpaired) electrons. The highest BCUT2D eigenvalue weighted by Crippen LogP contribution is 2.17. The van der Waals surface area contributed by atoms with Crippen LogP contribution in [0.5, 0.6) is 5.75 Å². The SMILES string of the molecule is CCOc1ccc(NC(=O)N2C[C@@H](C)O[C@H](C)C2)cc1. The molecule has 0 bridgehead atoms. The third kappa shape index (κ3) is 3.87. The van der Waals surface area contributed by atoms with Crippen molar-refractivity contribution in [3.05, 3.63) is 24.3 Å². The maximum atomic E-state index is 12.2. The van der Waals surface area contributed by atoms with E-state index in [1.54, 1.807) is 4.90 Å². The number of anilines is 1. The van der Waals surface area contributed by atoms with Crippen molar-refractivity contribution in [3.8, 4) is 5.75 Å². The summed E-state index contributed by atoms with van der Waals surface area (Å²) in [7, 11) is 0. The summed E-state index contributed by atoms with van der Waals surface area (Å²) in [5, 5.41) is 2.90. The van der Waals surface area contributed by atoms with Crippen LogP contribution in [0.2, 0.25) is 0 Å². The largest absolute Gasteiger partial charge is 0.494 e. The molecule has 1 aromatic rings. The summed E-state index contributed by atoms with van der Waals surface area (Å²) < 4.78 is 11.0. The van der Waals surface area contributed by atoms with Gasteiger partial charge in [-0.1, -0.05) is 0 Å². The molecule has 0 spiro atoms. The second kappa shape index (κ2) is 6.61. The predicted octanol–water partition coefficient (Wildman–Crippen LogP) is 2.73. The number of amides is 2. The van der Waals surface area contributed by atoms with Gasteiger partial charge in [0.15, 0.2) is 0 Å². The zero-order valence-electron chi connectivity index (χ0n) is 12.3. The fourth-order valence-electron chi connectivity index (χ4n) is 2.35. The van der Waals surface area contributed by atoms with Crippen LogP contribution in [0.15, 0.2) is 24.3 Å². The van der Waals surface area contributed by atoms with E-state index in [2.05, 4.69) is 5.32 Å². The molecule has 1 aliphatic rings. The summed E-state index contributed by atoms with van der Waals surface area (Å²) >= 11 is 0. The summed E-state index contributed by atoms with van der Waals surface area (Å²) in [6.07, 6.45) is 0.148. The van der Waals surface area contributed by atoms with Gasteiger partial charge in [-0.2, -0.15) is 0 Å². The van der Waals surface area contributed by atoms with Crippen LogP contribution in [-0.4, -0.2) is 42.8 Å². The number of hydrogen-bond acceptors (Lipinski definition) is 3. The Morgan fingerprint density at radius 3 is 2.45 bits per heavy atom. The van der Waals surface area contributed by atoms with Crippen molar-refractivity contribution in [1.29, 1.82) is 0 Å². The molecule has 5 nitrogen and oxygen atoms in total. The zero-order valence-corrected chi connectivity index (χ0v) is 12.3. The fourth-order valence-corrected chi connectivity index (χ4v) is 2.35. The first kappa shape index (κ1) is 14.7. The minimum absolute atomic E-state index is 0.0739. The van der Waals surface area contributed by atoms with Gasteiger partial charge in [-0.05, 0) is 45.0 Å². The molecule has 0 aromatic heterocycles. The maximum absolute atomic E-state index is 12.2. The molecular weight excluding hydrogens is 256 g/mol. The lowest BCUT2D eigenvalue weighted by molar-refractivity contribution is -0.0530. The second-order valence-corrected chi connectivity index (χ2v) is 5.05. The lowest BCUT2D eigenvalue weighted by atomic mass is 10.2. The molecule has 1 heterocycles. The molecule has 2 atom stereocenters. The number of hydrogen-bond donors (Lipinski definition) is 1. The second-order valence-electron chi connectivity index (χ2n) is 5.05. The molecule has 5 heteroatoms. The minimum atomic E-state index is -0.0869. The van der Waals surface area contributed by atoms with Gasteiger partial charge in [-0.3, -0.25) is 0 Å². The summed E-state index contributed by atoms with van der Waals surface area (Å²) in [5.74, 6) is 0.805. The van der Waals surface area contributed by atoms with E-state index in [9.17, 15) is 4.79 Å². The number of urea groups is 1. The summed E-state index contributed by atoms with van der Waals surface area (Å²) in [5.41, 5.74) is 0.769. The molecule has 1 saturated heterocycles. The van der Waals surface area contributed by atoms with Crippen molar-refractivity contribution in [2.24, 2.45) is 0 Å². The number of morpholine rings is 1. The number of ether oxygens (including phenoxy) is 2. The minimum Gasteiger partial charge on any atom is -0.494 e. The average Bonchev–Trinajstić information content (AvgIpc) is 2.40. The van der Waals surface area contributed by atoms with Gasteiger partial charge in [0.2, 0.25) is 0 Å². The normalized spacial score (nSPS) is 22.4. The topological polar surface area (TPSA) is 50.8 Å². The van der Waals surface area contributed by atoms with Gasteiger partial charge in [0.1, 0.15) is 5.75 Å². The smallest absolute Gasteiger partial charge is 0.322 e. The van der Waals surface area contributed by atoms with Crippen LogP contribution in [0.4, 0.5) is 10.5 Å². The Bertz CT molecular complexity index is 437. The molecule has 0 unspecified atom stereocenters. The molecule has 110 valence electrons. The molecule has 2 amide bonds. The van der Waals surface area contributed by atoms with Crippen LogP contribution in [-0.2, 0) is 4.74 Å². The third-order valence-corrected chi connectivity index (χ3v) is 3.12. The Labute approximate surface area is 119 Å². The molecule has 1 N–H and O–H groups in total. The molecule has 2 rings (SSSR count). The highest BCUT2D eigenvalue weighted by atomic mass is 16.5. The van der Waals surface area contributed by atoms with Gasteiger partial charge in [0.25, 0.3) is 0 Å². The van der Waals surface area contributed by atoms with Gasteiger partial charge in [-0.25, -0.2) is 4.79 Å². The van der Waals surface area contributed by atoms with E-state index in [1.165, 1.54) is 0 Å². The lowest BCUT2D eigenvalue weighted by Gasteiger charge is -2.35. The highest BCUT2D eigenvalue weighted by molar-refractivity contribution is 5.89. The van der Waals surface area contributed by atoms with E-state index < -0.39 is 0 Å². The summed E-state index contributed by atoms with van der Waals surface area (Å²) in [4.78, 5) is 14.0. The van der Waals surface area contributed by atoms with E-state index in [0.717, 1.165) is 11.4 Å². The first-order valence-electron chi connectivity index (χ1n) is 7.02. The van der Waals surface area contributed by atoms with E-state index >= 15 is 0 Å². The highest BCUT2D eigenvalue weighted by Gasteiger charge is 2.25. The van der Waals surface area contributed by atoms with Crippen molar-refractivity contribution in [1.82, 2.24) is 4.90 Å². The molecule has 1 aromatic carbocycles. The maximum Gasteiger partial charge on any atom is 0.322 e. The van der Waals surface area contributed by atoms with Crippen molar-refractivity contribution in [2.45, 2.75) is 33.0 Å². The van der Waals surface area contributed by atoms with Crippen LogP contribution in [0.3, 0.4) is 0 Å². The fraction of sp³-hybridized carbons (Fsp3) is 0.533. The van der Waals surface area contributed by atoms with Crippen LogP contribution in [0.25, 0.3) is 0 Å². The van der Waals surface area contributed by atoms with Gasteiger partial charge >= 0.3 is 6.03 Å². The Kier molecular flexibility index (Phi) is 4.84. The zero-order chi connectivity index (χ0) is 14.5. The van der Waals surface area contributed by atoms with E-state index in [1.807, 2.05) is 45.0 Å².